The van der Waals surface area contributed by atoms with Gasteiger partial charge in [-0.25, -0.2) is 14.8 Å². The van der Waals surface area contributed by atoms with Gasteiger partial charge in [0.15, 0.2) is 0 Å². The molecule has 2 aromatic carbocycles. The second kappa shape index (κ2) is 14.4. The van der Waals surface area contributed by atoms with Crippen molar-refractivity contribution in [2.24, 2.45) is 0 Å². The number of halogens is 1. The van der Waals surface area contributed by atoms with E-state index >= 15 is 0 Å². The lowest BCUT2D eigenvalue weighted by atomic mass is 10.1. The molecule has 2 aromatic heterocycles. The molecule has 2 aliphatic heterocycles. The maximum absolute atomic E-state index is 12.2. The Labute approximate surface area is 271 Å². The van der Waals surface area contributed by atoms with Crippen LogP contribution in [0.15, 0.2) is 46.0 Å². The first-order chi connectivity index (χ1) is 20.5. The normalized spacial score (nSPS) is 15.2. The van der Waals surface area contributed by atoms with Crippen molar-refractivity contribution in [2.75, 3.05) is 26.2 Å². The first kappa shape index (κ1) is 33.8. The third-order valence-corrected chi connectivity index (χ3v) is 9.58. The monoisotopic (exact) mass is 658 g/mol. The molecule has 2 aliphatic rings. The summed E-state index contributed by atoms with van der Waals surface area (Å²) in [6, 6.07) is 11.3. The number of hydrogen-bond donors (Lipinski definition) is 3. The minimum Gasteiger partial charge on any atom is -0.444 e. The van der Waals surface area contributed by atoms with Crippen LogP contribution in [0.1, 0.15) is 43.5 Å². The van der Waals surface area contributed by atoms with Gasteiger partial charge in [0.2, 0.25) is 0 Å². The number of likely N-dealkylation sites (tertiary alicyclic amines) is 1. The molecule has 1 amide bonds. The molecule has 236 valence electrons. The zero-order valence-electron chi connectivity index (χ0n) is 25.6. The van der Waals surface area contributed by atoms with Crippen molar-refractivity contribution in [3.8, 4) is 0 Å². The number of rotatable bonds is 6. The molecule has 3 N–H and O–H groups in total. The molecule has 0 bridgehead atoms. The molecule has 0 radical (unpaired) electrons. The van der Waals surface area contributed by atoms with Crippen LogP contribution in [0.2, 0.25) is 0 Å². The second-order valence-corrected chi connectivity index (χ2v) is 14.5. The number of ether oxygens (including phenoxy) is 1. The second-order valence-electron chi connectivity index (χ2n) is 11.9. The molecule has 4 heterocycles. The Kier molecular flexibility index (Phi) is 11.0. The number of hydrogen-bond acceptors (Lipinski definition) is 9. The Morgan fingerprint density at radius 3 is 1.77 bits per heavy atom. The van der Waals surface area contributed by atoms with E-state index in [1.807, 2.05) is 76.7 Å². The summed E-state index contributed by atoms with van der Waals surface area (Å²) in [5.74, 6) is 2.84. The lowest BCUT2D eigenvalue weighted by molar-refractivity contribution is 0.0144. The summed E-state index contributed by atoms with van der Waals surface area (Å²) in [6.07, 6.45) is -0.266. The number of thioether (sulfide) groups is 2. The Morgan fingerprint density at radius 2 is 1.34 bits per heavy atom. The van der Waals surface area contributed by atoms with Gasteiger partial charge < -0.3 is 24.9 Å². The maximum Gasteiger partial charge on any atom is 0.410 e. The minimum atomic E-state index is -0.471. The van der Waals surface area contributed by atoms with Crippen LogP contribution in [-0.2, 0) is 16.2 Å². The first-order valence-corrected chi connectivity index (χ1v) is 16.5. The van der Waals surface area contributed by atoms with Crippen LogP contribution in [0.3, 0.4) is 0 Å². The van der Waals surface area contributed by atoms with Gasteiger partial charge in [-0.3, -0.25) is 9.59 Å². The molecular formula is C31H39ClN6O4S2. The molecule has 13 heteroatoms. The summed E-state index contributed by atoms with van der Waals surface area (Å²) >= 11 is 3.54. The van der Waals surface area contributed by atoms with E-state index in [1.165, 1.54) is 0 Å². The SMILES string of the molecule is Cc1cccc2c(=O)[nH]c(CSC3CN(C(=O)OC(C)(C)C)C3)nc12.Cc1cccc2c(=O)[nH]c(CSC3CNC3)nc12.Cl. The molecule has 10 nitrogen and oxygen atoms in total. The van der Waals surface area contributed by atoms with Crippen molar-refractivity contribution in [3.05, 3.63) is 79.9 Å². The third-order valence-electron chi connectivity index (χ3n) is 7.13. The lowest BCUT2D eigenvalue weighted by Gasteiger charge is -2.39. The highest BCUT2D eigenvalue weighted by molar-refractivity contribution is 7.99. The van der Waals surface area contributed by atoms with Crippen LogP contribution in [0, 0.1) is 13.8 Å². The van der Waals surface area contributed by atoms with Crippen molar-refractivity contribution in [1.29, 1.82) is 0 Å². The molecule has 0 aliphatic carbocycles. The van der Waals surface area contributed by atoms with E-state index in [4.69, 9.17) is 4.74 Å². The average molecular weight is 659 g/mol. The number of aromatic amines is 2. The van der Waals surface area contributed by atoms with Gasteiger partial charge in [-0.05, 0) is 57.9 Å². The van der Waals surface area contributed by atoms with E-state index in [0.717, 1.165) is 46.8 Å². The Hall–Kier alpha value is -3.06. The maximum atomic E-state index is 12.2. The van der Waals surface area contributed by atoms with Crippen LogP contribution in [0.25, 0.3) is 21.8 Å². The van der Waals surface area contributed by atoms with Gasteiger partial charge in [-0.2, -0.15) is 0 Å². The zero-order chi connectivity index (χ0) is 30.7. The molecule has 0 saturated carbocycles. The van der Waals surface area contributed by atoms with Gasteiger partial charge in [-0.15, -0.1) is 35.9 Å². The number of para-hydroxylation sites is 2. The van der Waals surface area contributed by atoms with Crippen LogP contribution in [0.4, 0.5) is 4.79 Å². The van der Waals surface area contributed by atoms with Gasteiger partial charge in [0, 0.05) is 36.7 Å². The van der Waals surface area contributed by atoms with Gasteiger partial charge in [0.05, 0.1) is 33.3 Å². The standard InChI is InChI=1S/C18H23N3O3S.C13H15N3OS.ClH/c1-11-6-5-7-13-15(11)19-14(20-16(13)22)10-25-12-8-21(9-12)17(23)24-18(2,3)4;1-8-3-2-4-10-12(8)15-11(16-13(10)17)7-18-9-5-14-6-9;/h5-7,12H,8-10H2,1-4H3,(H,19,20,22);2-4,9,14H,5-7H2,1H3,(H,15,16,17);1H. The first-order valence-electron chi connectivity index (χ1n) is 14.4. The molecule has 2 fully saturated rings. The molecule has 6 rings (SSSR count). The number of nitrogens with zero attached hydrogens (tertiary/aromatic N) is 3. The molecular weight excluding hydrogens is 620 g/mol. The summed E-state index contributed by atoms with van der Waals surface area (Å²) in [5.41, 5.74) is 3.01. The highest BCUT2D eigenvalue weighted by Gasteiger charge is 2.34. The van der Waals surface area contributed by atoms with Gasteiger partial charge in [0.25, 0.3) is 11.1 Å². The summed E-state index contributed by atoms with van der Waals surface area (Å²) in [4.78, 5) is 52.6. The van der Waals surface area contributed by atoms with Crippen LogP contribution < -0.4 is 16.4 Å². The fraction of sp³-hybridized carbons (Fsp3) is 0.452. The van der Waals surface area contributed by atoms with Crippen molar-refractivity contribution >= 4 is 63.8 Å². The highest BCUT2D eigenvalue weighted by atomic mass is 35.5. The quantitative estimate of drug-likeness (QED) is 0.263. The molecule has 0 spiro atoms. The summed E-state index contributed by atoms with van der Waals surface area (Å²) in [6.45, 7) is 13.0. The van der Waals surface area contributed by atoms with E-state index < -0.39 is 5.60 Å². The molecule has 0 unspecified atom stereocenters. The lowest BCUT2D eigenvalue weighted by Crippen LogP contribution is -2.53. The Balaban J connectivity index is 0.000000206. The van der Waals surface area contributed by atoms with Crippen molar-refractivity contribution in [1.82, 2.24) is 30.2 Å². The fourth-order valence-corrected chi connectivity index (χ4v) is 6.74. The third kappa shape index (κ3) is 8.35. The predicted octanol–water partition coefficient (Wildman–Crippen LogP) is 4.94. The number of benzene rings is 2. The smallest absolute Gasteiger partial charge is 0.410 e. The van der Waals surface area contributed by atoms with E-state index in [-0.39, 0.29) is 29.6 Å². The predicted molar refractivity (Wildman–Crippen MR) is 182 cm³/mol. The van der Waals surface area contributed by atoms with Gasteiger partial charge in [-0.1, -0.05) is 24.3 Å². The highest BCUT2D eigenvalue weighted by Crippen LogP contribution is 2.27. The van der Waals surface area contributed by atoms with Crippen molar-refractivity contribution < 1.29 is 9.53 Å². The average Bonchev–Trinajstić information content (AvgIpc) is 2.88. The van der Waals surface area contributed by atoms with E-state index in [9.17, 15) is 14.4 Å². The summed E-state index contributed by atoms with van der Waals surface area (Å²) in [5, 5.41) is 5.52. The number of carbonyl (C=O) groups excluding carboxylic acids is 1. The molecule has 2 saturated heterocycles. The van der Waals surface area contributed by atoms with E-state index in [2.05, 4.69) is 25.3 Å². The summed E-state index contributed by atoms with van der Waals surface area (Å²) in [7, 11) is 0. The van der Waals surface area contributed by atoms with E-state index in [1.54, 1.807) is 22.7 Å². The van der Waals surface area contributed by atoms with Gasteiger partial charge >= 0.3 is 6.09 Å². The molecule has 0 atom stereocenters. The summed E-state index contributed by atoms with van der Waals surface area (Å²) < 4.78 is 5.35. The number of fused-ring (bicyclic) bond motifs is 2. The molecule has 4 aromatic rings. The topological polar surface area (TPSA) is 133 Å². The Bertz CT molecular complexity index is 1750. The largest absolute Gasteiger partial charge is 0.444 e. The van der Waals surface area contributed by atoms with E-state index in [0.29, 0.717) is 45.9 Å². The van der Waals surface area contributed by atoms with Crippen molar-refractivity contribution in [2.45, 2.75) is 62.2 Å². The van der Waals surface area contributed by atoms with Gasteiger partial charge in [0.1, 0.15) is 17.2 Å². The van der Waals surface area contributed by atoms with Crippen LogP contribution in [-0.4, -0.2) is 73.2 Å². The Morgan fingerprint density at radius 1 is 0.864 bits per heavy atom. The number of nitrogens with one attached hydrogen (secondary N) is 3. The van der Waals surface area contributed by atoms with Crippen molar-refractivity contribution in [3.63, 3.8) is 0 Å². The fourth-order valence-electron chi connectivity index (χ4n) is 4.63. The molecule has 44 heavy (non-hydrogen) atoms. The number of carbonyl (C=O) groups is 1. The zero-order valence-corrected chi connectivity index (χ0v) is 28.0. The number of aryl methyl sites for hydroxylation is 2. The number of H-pyrrole nitrogens is 2. The van der Waals surface area contributed by atoms with Crippen LogP contribution >= 0.6 is 35.9 Å². The van der Waals surface area contributed by atoms with Crippen LogP contribution in [0.5, 0.6) is 0 Å². The number of aromatic nitrogens is 4. The minimum absolute atomic E-state index is 0. The number of amides is 1.